The molecule has 0 amide bonds. The van der Waals surface area contributed by atoms with E-state index in [2.05, 4.69) is 4.74 Å². The minimum atomic E-state index is -1.37. The van der Waals surface area contributed by atoms with Gasteiger partial charge in [-0.05, 0) is 35.4 Å². The van der Waals surface area contributed by atoms with E-state index in [1.807, 2.05) is 27.7 Å². The van der Waals surface area contributed by atoms with E-state index in [0.29, 0.717) is 5.56 Å². The lowest BCUT2D eigenvalue weighted by molar-refractivity contribution is -0.142. The second-order valence-corrected chi connectivity index (χ2v) is 9.75. The number of carbonyl (C=O) groups is 4. The van der Waals surface area contributed by atoms with Crippen molar-refractivity contribution < 1.29 is 43.2 Å². The van der Waals surface area contributed by atoms with E-state index in [-0.39, 0.29) is 29.9 Å². The number of rotatable bonds is 12. The highest BCUT2D eigenvalue weighted by Gasteiger charge is 2.33. The first-order valence-electron chi connectivity index (χ1n) is 12.0. The van der Waals surface area contributed by atoms with Gasteiger partial charge >= 0.3 is 24.1 Å². The fourth-order valence-corrected chi connectivity index (χ4v) is 3.25. The Hall–Kier alpha value is -3.14. The van der Waals surface area contributed by atoms with Gasteiger partial charge in [0.1, 0.15) is 6.04 Å². The number of carboxylic acids is 1. The smallest absolute Gasteiger partial charge is 0.480 e. The van der Waals surface area contributed by atoms with Crippen LogP contribution < -0.4 is 15.2 Å². The van der Waals surface area contributed by atoms with Crippen molar-refractivity contribution in [2.45, 2.75) is 60.4 Å². The highest BCUT2D eigenvalue weighted by Crippen LogP contribution is 2.36. The topological polar surface area (TPSA) is 151 Å². The Morgan fingerprint density at radius 3 is 1.81 bits per heavy atom. The number of hydrogen-bond acceptors (Lipinski definition) is 9. The maximum Gasteiger partial charge on any atom is 0.507 e. The van der Waals surface area contributed by atoms with Crippen LogP contribution in [0.2, 0.25) is 0 Å². The molecule has 4 unspecified atom stereocenters. The summed E-state index contributed by atoms with van der Waals surface area (Å²) in [6.45, 7) is 12.5. The summed E-state index contributed by atoms with van der Waals surface area (Å²) in [5.41, 5.74) is 6.40. The molecule has 10 nitrogen and oxygen atoms in total. The lowest BCUT2D eigenvalue weighted by Gasteiger charge is -2.28. The molecule has 5 atom stereocenters. The molecule has 3 N–H and O–H groups in total. The molecule has 1 aromatic carbocycles. The molecule has 0 spiro atoms. The van der Waals surface area contributed by atoms with Gasteiger partial charge in [0, 0.05) is 5.92 Å². The van der Waals surface area contributed by atoms with Crippen LogP contribution in [0, 0.1) is 29.6 Å². The molecule has 202 valence electrons. The summed E-state index contributed by atoms with van der Waals surface area (Å²) in [6, 6.07) is 3.07. The first-order valence-corrected chi connectivity index (χ1v) is 12.0. The average Bonchev–Trinajstić information content (AvgIpc) is 2.82. The maximum absolute atomic E-state index is 12.7. The average molecular weight is 510 g/mol. The van der Waals surface area contributed by atoms with E-state index in [1.54, 1.807) is 26.8 Å². The summed E-state index contributed by atoms with van der Waals surface area (Å²) in [4.78, 5) is 48.6. The molecular weight excluding hydrogens is 470 g/mol. The van der Waals surface area contributed by atoms with Gasteiger partial charge < -0.3 is 29.8 Å². The minimum Gasteiger partial charge on any atom is -0.480 e. The van der Waals surface area contributed by atoms with E-state index in [9.17, 15) is 24.3 Å². The second-order valence-electron chi connectivity index (χ2n) is 9.75. The Morgan fingerprint density at radius 1 is 0.861 bits per heavy atom. The Bertz CT molecular complexity index is 928. The summed E-state index contributed by atoms with van der Waals surface area (Å²) >= 11 is 0. The highest BCUT2D eigenvalue weighted by atomic mass is 16.7. The fraction of sp³-hybridized carbons (Fsp3) is 0.615. The number of benzene rings is 1. The van der Waals surface area contributed by atoms with Crippen LogP contribution in [-0.4, -0.2) is 48.9 Å². The molecule has 0 aliphatic carbocycles. The number of nitrogens with two attached hydrogens (primary N) is 1. The second kappa shape index (κ2) is 13.8. The first-order chi connectivity index (χ1) is 16.7. The minimum absolute atomic E-state index is 0.00341. The van der Waals surface area contributed by atoms with Crippen LogP contribution >= 0.6 is 0 Å². The normalized spacial score (nSPS) is 15.4. The first kappa shape index (κ1) is 30.9. The van der Waals surface area contributed by atoms with Gasteiger partial charge in [0.25, 0.3) is 0 Å². The van der Waals surface area contributed by atoms with Crippen molar-refractivity contribution >= 4 is 24.1 Å². The lowest BCUT2D eigenvalue weighted by atomic mass is 9.82. The molecule has 10 heteroatoms. The number of esters is 2. The van der Waals surface area contributed by atoms with Crippen molar-refractivity contribution in [2.24, 2.45) is 35.3 Å². The maximum atomic E-state index is 12.7. The Labute approximate surface area is 212 Å². The number of hydrogen-bond donors (Lipinski definition) is 2. The molecule has 0 bridgehead atoms. The number of carboxylic acid groups (broad SMARTS) is 1. The van der Waals surface area contributed by atoms with Gasteiger partial charge in [-0.3, -0.25) is 14.4 Å². The summed E-state index contributed by atoms with van der Waals surface area (Å²) < 4.78 is 20.7. The molecule has 1 rings (SSSR count). The van der Waals surface area contributed by atoms with Crippen molar-refractivity contribution in [3.63, 3.8) is 0 Å². The van der Waals surface area contributed by atoms with Crippen LogP contribution in [0.25, 0.3) is 0 Å². The molecule has 0 heterocycles. The molecule has 0 aromatic heterocycles. The third kappa shape index (κ3) is 8.51. The van der Waals surface area contributed by atoms with Gasteiger partial charge in [-0.1, -0.05) is 54.5 Å². The van der Waals surface area contributed by atoms with E-state index in [4.69, 9.17) is 19.9 Å². The van der Waals surface area contributed by atoms with Gasteiger partial charge in [-0.15, -0.1) is 0 Å². The van der Waals surface area contributed by atoms with Gasteiger partial charge in [0.15, 0.2) is 11.5 Å². The largest absolute Gasteiger partial charge is 0.507 e. The molecule has 36 heavy (non-hydrogen) atoms. The van der Waals surface area contributed by atoms with Crippen LogP contribution in [0.1, 0.15) is 59.9 Å². The Morgan fingerprint density at radius 2 is 1.36 bits per heavy atom. The third-order valence-electron chi connectivity index (χ3n) is 6.43. The van der Waals surface area contributed by atoms with E-state index < -0.39 is 53.8 Å². The van der Waals surface area contributed by atoms with Crippen LogP contribution in [0.4, 0.5) is 4.79 Å². The zero-order valence-electron chi connectivity index (χ0n) is 22.3. The van der Waals surface area contributed by atoms with Crippen LogP contribution in [-0.2, 0) is 23.9 Å². The van der Waals surface area contributed by atoms with E-state index in [1.165, 1.54) is 12.1 Å². The summed E-state index contributed by atoms with van der Waals surface area (Å²) in [7, 11) is 1.16. The molecular formula is C26H39NO9. The summed E-state index contributed by atoms with van der Waals surface area (Å²) in [5.74, 6) is -4.52. The van der Waals surface area contributed by atoms with Gasteiger partial charge in [0.2, 0.25) is 0 Å². The Kier molecular flexibility index (Phi) is 11.9. The van der Waals surface area contributed by atoms with Crippen LogP contribution in [0.3, 0.4) is 0 Å². The quantitative estimate of drug-likeness (QED) is 0.312. The zero-order chi connectivity index (χ0) is 27.7. The van der Waals surface area contributed by atoms with Gasteiger partial charge in [-0.25, -0.2) is 4.79 Å². The van der Waals surface area contributed by atoms with E-state index >= 15 is 0 Å². The molecule has 1 aromatic rings. The highest BCUT2D eigenvalue weighted by molar-refractivity contribution is 5.79. The van der Waals surface area contributed by atoms with Crippen molar-refractivity contribution in [2.75, 3.05) is 13.7 Å². The standard InChI is InChI=1S/C26H39NO9/c1-13(2)16(6)24(30)35-19-10-9-18(11-20(19)36-25(31)17(7)14(3)4)21(22(27)23(28)29)15(5)12-34-26(32)33-8/h9-11,13-17,21-22H,12,27H2,1-8H3,(H,28,29)/t15?,16?,17?,21?,22-/m0/s1. The molecule has 0 aliphatic heterocycles. The lowest BCUT2D eigenvalue weighted by Crippen LogP contribution is -2.40. The van der Waals surface area contributed by atoms with Crippen molar-refractivity contribution in [1.82, 2.24) is 0 Å². The number of aliphatic carboxylic acids is 1. The monoisotopic (exact) mass is 509 g/mol. The molecule has 0 aliphatic rings. The van der Waals surface area contributed by atoms with Crippen molar-refractivity contribution in [3.8, 4) is 11.5 Å². The van der Waals surface area contributed by atoms with Crippen LogP contribution in [0.15, 0.2) is 18.2 Å². The van der Waals surface area contributed by atoms with E-state index in [0.717, 1.165) is 7.11 Å². The summed E-state index contributed by atoms with van der Waals surface area (Å²) in [5, 5.41) is 9.61. The predicted molar refractivity (Wildman–Crippen MR) is 132 cm³/mol. The van der Waals surface area contributed by atoms with Gasteiger partial charge in [-0.2, -0.15) is 0 Å². The van der Waals surface area contributed by atoms with Crippen LogP contribution in [0.5, 0.6) is 11.5 Å². The SMILES string of the molecule is COC(=O)OCC(C)C(c1ccc(OC(=O)C(C)C(C)C)c(OC(=O)C(C)C(C)C)c1)[C@H](N)C(=O)O. The molecule has 0 radical (unpaired) electrons. The zero-order valence-corrected chi connectivity index (χ0v) is 22.3. The Balaban J connectivity index is 3.49. The number of methoxy groups -OCH3 is 1. The predicted octanol–water partition coefficient (Wildman–Crippen LogP) is 4.00. The number of ether oxygens (including phenoxy) is 4. The molecule has 0 saturated heterocycles. The van der Waals surface area contributed by atoms with Gasteiger partial charge in [0.05, 0.1) is 25.6 Å². The summed E-state index contributed by atoms with van der Waals surface area (Å²) in [6.07, 6.45) is -0.914. The number of carbonyl (C=O) groups excluding carboxylic acids is 3. The fourth-order valence-electron chi connectivity index (χ4n) is 3.25. The molecule has 0 fully saturated rings. The molecule has 0 saturated carbocycles. The van der Waals surface area contributed by atoms with Crippen molar-refractivity contribution in [3.05, 3.63) is 23.8 Å². The van der Waals surface area contributed by atoms with Crippen molar-refractivity contribution in [1.29, 1.82) is 0 Å². The third-order valence-corrected chi connectivity index (χ3v) is 6.43.